The molecule has 2 aromatic rings. The van der Waals surface area contributed by atoms with E-state index < -0.39 is 5.82 Å². The van der Waals surface area contributed by atoms with Gasteiger partial charge in [-0.3, -0.25) is 9.78 Å². The minimum Gasteiger partial charge on any atom is -0.294 e. The first kappa shape index (κ1) is 11.9. The van der Waals surface area contributed by atoms with Crippen LogP contribution in [-0.4, -0.2) is 10.8 Å². The van der Waals surface area contributed by atoms with Gasteiger partial charge in [-0.1, -0.05) is 22.0 Å². The SMILES string of the molecule is O=C(Cc1cccnc1)c1ccc(Br)cc1F. The quantitative estimate of drug-likeness (QED) is 0.812. The van der Waals surface area contributed by atoms with Crippen molar-refractivity contribution < 1.29 is 9.18 Å². The molecule has 0 radical (unpaired) electrons. The van der Waals surface area contributed by atoms with Crippen molar-refractivity contribution in [3.8, 4) is 0 Å². The summed E-state index contributed by atoms with van der Waals surface area (Å²) in [6.45, 7) is 0. The lowest BCUT2D eigenvalue weighted by molar-refractivity contribution is 0.0989. The van der Waals surface area contributed by atoms with Crippen LogP contribution in [0.2, 0.25) is 0 Å². The normalized spacial score (nSPS) is 10.2. The Balaban J connectivity index is 2.21. The van der Waals surface area contributed by atoms with Crippen molar-refractivity contribution >= 4 is 21.7 Å². The molecule has 0 N–H and O–H groups in total. The number of halogens is 2. The molecule has 1 aromatic heterocycles. The molecule has 0 saturated heterocycles. The smallest absolute Gasteiger partial charge is 0.170 e. The summed E-state index contributed by atoms with van der Waals surface area (Å²) in [5.74, 6) is -0.753. The minimum atomic E-state index is -0.506. The number of carbonyl (C=O) groups is 1. The van der Waals surface area contributed by atoms with E-state index in [4.69, 9.17) is 0 Å². The molecule has 0 spiro atoms. The van der Waals surface area contributed by atoms with Crippen LogP contribution in [0.25, 0.3) is 0 Å². The lowest BCUT2D eigenvalue weighted by Gasteiger charge is -2.03. The number of hydrogen-bond donors (Lipinski definition) is 0. The maximum absolute atomic E-state index is 13.5. The molecule has 2 rings (SSSR count). The number of nitrogens with zero attached hydrogens (tertiary/aromatic N) is 1. The van der Waals surface area contributed by atoms with E-state index in [2.05, 4.69) is 20.9 Å². The molecule has 17 heavy (non-hydrogen) atoms. The molecule has 2 nitrogen and oxygen atoms in total. The van der Waals surface area contributed by atoms with E-state index in [0.29, 0.717) is 4.47 Å². The van der Waals surface area contributed by atoms with Gasteiger partial charge in [0.25, 0.3) is 0 Å². The number of aromatic nitrogens is 1. The van der Waals surface area contributed by atoms with Crippen molar-refractivity contribution in [2.24, 2.45) is 0 Å². The summed E-state index contributed by atoms with van der Waals surface area (Å²) < 4.78 is 14.2. The van der Waals surface area contributed by atoms with Crippen LogP contribution in [0.4, 0.5) is 4.39 Å². The molecular weight excluding hydrogens is 285 g/mol. The second-order valence-corrected chi connectivity index (χ2v) is 4.50. The molecule has 1 aromatic carbocycles. The highest BCUT2D eigenvalue weighted by molar-refractivity contribution is 9.10. The summed E-state index contributed by atoms with van der Waals surface area (Å²) in [5.41, 5.74) is 0.886. The van der Waals surface area contributed by atoms with Crippen molar-refractivity contribution in [1.82, 2.24) is 4.98 Å². The van der Waals surface area contributed by atoms with Gasteiger partial charge < -0.3 is 0 Å². The Morgan fingerprint density at radius 2 is 2.18 bits per heavy atom. The summed E-state index contributed by atoms with van der Waals surface area (Å²) in [6.07, 6.45) is 3.40. The fourth-order valence-electron chi connectivity index (χ4n) is 1.50. The van der Waals surface area contributed by atoms with Crippen LogP contribution >= 0.6 is 15.9 Å². The van der Waals surface area contributed by atoms with Crippen molar-refractivity contribution in [2.75, 3.05) is 0 Å². The van der Waals surface area contributed by atoms with Crippen LogP contribution in [0.3, 0.4) is 0 Å². The van der Waals surface area contributed by atoms with Crippen molar-refractivity contribution in [3.63, 3.8) is 0 Å². The molecule has 0 aliphatic heterocycles. The van der Waals surface area contributed by atoms with Crippen LogP contribution in [0.5, 0.6) is 0 Å². The average molecular weight is 294 g/mol. The Kier molecular flexibility index (Phi) is 3.64. The number of pyridine rings is 1. The fourth-order valence-corrected chi connectivity index (χ4v) is 1.83. The zero-order valence-corrected chi connectivity index (χ0v) is 10.4. The number of carbonyl (C=O) groups excluding carboxylic acids is 1. The Morgan fingerprint density at radius 3 is 2.82 bits per heavy atom. The zero-order chi connectivity index (χ0) is 12.3. The van der Waals surface area contributed by atoms with Gasteiger partial charge in [0, 0.05) is 23.3 Å². The fraction of sp³-hybridized carbons (Fsp3) is 0.0769. The van der Waals surface area contributed by atoms with Gasteiger partial charge in [-0.05, 0) is 29.8 Å². The first-order chi connectivity index (χ1) is 8.16. The summed E-state index contributed by atoms with van der Waals surface area (Å²) in [4.78, 5) is 15.8. The molecule has 0 bridgehead atoms. The maximum atomic E-state index is 13.5. The summed E-state index contributed by atoms with van der Waals surface area (Å²) in [5, 5.41) is 0. The van der Waals surface area contributed by atoms with Gasteiger partial charge >= 0.3 is 0 Å². The number of Topliss-reactive ketones (excluding diaryl/α,β-unsaturated/α-hetero) is 1. The molecule has 0 atom stereocenters. The number of benzene rings is 1. The van der Waals surface area contributed by atoms with Gasteiger partial charge in [0.05, 0.1) is 5.56 Å². The van der Waals surface area contributed by atoms with Crippen molar-refractivity contribution in [3.05, 3.63) is 64.1 Å². The predicted octanol–water partition coefficient (Wildman–Crippen LogP) is 3.41. The lowest BCUT2D eigenvalue weighted by Crippen LogP contribution is -2.06. The van der Waals surface area contributed by atoms with Crippen LogP contribution in [0.1, 0.15) is 15.9 Å². The van der Waals surface area contributed by atoms with Crippen LogP contribution in [-0.2, 0) is 6.42 Å². The number of rotatable bonds is 3. The Labute approximate surface area is 107 Å². The van der Waals surface area contributed by atoms with Gasteiger partial charge in [-0.25, -0.2) is 4.39 Å². The molecule has 4 heteroatoms. The summed E-state index contributed by atoms with van der Waals surface area (Å²) >= 11 is 3.15. The highest BCUT2D eigenvalue weighted by Gasteiger charge is 2.12. The monoisotopic (exact) mass is 293 g/mol. The van der Waals surface area contributed by atoms with Gasteiger partial charge in [-0.2, -0.15) is 0 Å². The van der Waals surface area contributed by atoms with E-state index >= 15 is 0 Å². The standard InChI is InChI=1S/C13H9BrFNO/c14-10-3-4-11(12(15)7-10)13(17)6-9-2-1-5-16-8-9/h1-5,7-8H,6H2. The van der Waals surface area contributed by atoms with Gasteiger partial charge in [-0.15, -0.1) is 0 Å². The molecule has 0 saturated carbocycles. The van der Waals surface area contributed by atoms with Gasteiger partial charge in [0.1, 0.15) is 5.82 Å². The minimum absolute atomic E-state index is 0.108. The molecule has 0 unspecified atom stereocenters. The van der Waals surface area contributed by atoms with E-state index in [1.807, 2.05) is 0 Å². The van der Waals surface area contributed by atoms with E-state index in [1.165, 1.54) is 12.1 Å². The van der Waals surface area contributed by atoms with Crippen molar-refractivity contribution in [1.29, 1.82) is 0 Å². The van der Waals surface area contributed by atoms with E-state index in [9.17, 15) is 9.18 Å². The Hall–Kier alpha value is -1.55. The largest absolute Gasteiger partial charge is 0.294 e. The Bertz CT molecular complexity index is 542. The molecule has 0 aliphatic rings. The molecule has 1 heterocycles. The third-order valence-corrected chi connectivity index (χ3v) is 2.81. The predicted molar refractivity (Wildman–Crippen MR) is 66.4 cm³/mol. The zero-order valence-electron chi connectivity index (χ0n) is 8.86. The molecule has 0 amide bonds. The van der Waals surface area contributed by atoms with E-state index in [1.54, 1.807) is 30.6 Å². The van der Waals surface area contributed by atoms with E-state index in [0.717, 1.165) is 5.56 Å². The number of ketones is 1. The molecule has 86 valence electrons. The third kappa shape index (κ3) is 2.97. The first-order valence-corrected chi connectivity index (χ1v) is 5.83. The summed E-state index contributed by atoms with van der Waals surface area (Å²) in [7, 11) is 0. The van der Waals surface area contributed by atoms with Crippen LogP contribution in [0.15, 0.2) is 47.2 Å². The average Bonchev–Trinajstić information content (AvgIpc) is 2.30. The summed E-state index contributed by atoms with van der Waals surface area (Å²) in [6, 6.07) is 7.97. The molecular formula is C13H9BrFNO. The second kappa shape index (κ2) is 5.19. The topological polar surface area (TPSA) is 30.0 Å². The van der Waals surface area contributed by atoms with E-state index in [-0.39, 0.29) is 17.8 Å². The highest BCUT2D eigenvalue weighted by atomic mass is 79.9. The van der Waals surface area contributed by atoms with Crippen molar-refractivity contribution in [2.45, 2.75) is 6.42 Å². The highest BCUT2D eigenvalue weighted by Crippen LogP contribution is 2.17. The van der Waals surface area contributed by atoms with Gasteiger partial charge in [0.15, 0.2) is 5.78 Å². The lowest BCUT2D eigenvalue weighted by atomic mass is 10.0. The Morgan fingerprint density at radius 1 is 1.35 bits per heavy atom. The van der Waals surface area contributed by atoms with Crippen LogP contribution in [0, 0.1) is 5.82 Å². The van der Waals surface area contributed by atoms with Gasteiger partial charge in [0.2, 0.25) is 0 Å². The molecule has 0 fully saturated rings. The molecule has 0 aliphatic carbocycles. The first-order valence-electron chi connectivity index (χ1n) is 5.04. The maximum Gasteiger partial charge on any atom is 0.170 e. The van der Waals surface area contributed by atoms with Crippen LogP contribution < -0.4 is 0 Å². The second-order valence-electron chi connectivity index (χ2n) is 3.59. The number of hydrogen-bond acceptors (Lipinski definition) is 2. The third-order valence-electron chi connectivity index (χ3n) is 2.32.